The summed E-state index contributed by atoms with van der Waals surface area (Å²) >= 11 is 1.49. The van der Waals surface area contributed by atoms with Gasteiger partial charge in [-0.1, -0.05) is 11.8 Å². The molecule has 6 heteroatoms. The standard InChI is InChI=1S/C15H22N2O3S/c1-3-20-14(18)13-10(2)8-12(21-13)17-7-6-16(15(17)19)9-11-4-5-11/h11-12H,3-9H2,1-2H3. The highest BCUT2D eigenvalue weighted by atomic mass is 32.2. The number of nitrogens with zero attached hydrogens (tertiary/aromatic N) is 2. The summed E-state index contributed by atoms with van der Waals surface area (Å²) in [6.45, 7) is 6.65. The van der Waals surface area contributed by atoms with Gasteiger partial charge in [0.2, 0.25) is 0 Å². The van der Waals surface area contributed by atoms with Crippen molar-refractivity contribution in [2.45, 2.75) is 38.5 Å². The van der Waals surface area contributed by atoms with Crippen LogP contribution in [0.25, 0.3) is 0 Å². The average Bonchev–Trinajstić information content (AvgIpc) is 3.08. The zero-order chi connectivity index (χ0) is 15.0. The molecule has 21 heavy (non-hydrogen) atoms. The van der Waals surface area contributed by atoms with E-state index in [0.717, 1.165) is 37.5 Å². The highest BCUT2D eigenvalue weighted by Gasteiger charge is 2.40. The lowest BCUT2D eigenvalue weighted by molar-refractivity contribution is -0.137. The van der Waals surface area contributed by atoms with Crippen LogP contribution < -0.4 is 0 Å². The predicted molar refractivity (Wildman–Crippen MR) is 81.7 cm³/mol. The minimum atomic E-state index is -0.246. The van der Waals surface area contributed by atoms with Crippen molar-refractivity contribution < 1.29 is 14.3 Å². The summed E-state index contributed by atoms with van der Waals surface area (Å²) in [6.07, 6.45) is 3.28. The van der Waals surface area contributed by atoms with Crippen LogP contribution in [0.15, 0.2) is 10.5 Å². The summed E-state index contributed by atoms with van der Waals surface area (Å²) in [4.78, 5) is 28.9. The molecule has 0 radical (unpaired) electrons. The van der Waals surface area contributed by atoms with Crippen molar-refractivity contribution in [3.63, 3.8) is 0 Å². The number of amides is 2. The third-order valence-corrected chi connectivity index (χ3v) is 5.68. The number of ether oxygens (including phenoxy) is 1. The predicted octanol–water partition coefficient (Wildman–Crippen LogP) is 2.43. The number of hydrogen-bond acceptors (Lipinski definition) is 4. The topological polar surface area (TPSA) is 49.9 Å². The molecule has 0 aromatic rings. The second kappa shape index (κ2) is 5.91. The van der Waals surface area contributed by atoms with Crippen molar-refractivity contribution in [3.05, 3.63) is 10.5 Å². The van der Waals surface area contributed by atoms with Crippen LogP contribution in [0.5, 0.6) is 0 Å². The van der Waals surface area contributed by atoms with Gasteiger partial charge in [0.15, 0.2) is 0 Å². The molecule has 0 N–H and O–H groups in total. The maximum absolute atomic E-state index is 12.5. The SMILES string of the molecule is CCOC(=O)C1=C(C)CC(N2CCN(CC3CC3)C2=O)S1. The Morgan fingerprint density at radius 1 is 1.38 bits per heavy atom. The molecule has 116 valence electrons. The van der Waals surface area contributed by atoms with Gasteiger partial charge in [0, 0.05) is 26.1 Å². The molecular formula is C15H22N2O3S. The lowest BCUT2D eigenvalue weighted by atomic mass is 10.2. The largest absolute Gasteiger partial charge is 0.462 e. The maximum atomic E-state index is 12.5. The number of carbonyl (C=O) groups excluding carboxylic acids is 2. The van der Waals surface area contributed by atoms with Crippen molar-refractivity contribution in [1.29, 1.82) is 0 Å². The van der Waals surface area contributed by atoms with Crippen LogP contribution in [0.4, 0.5) is 4.79 Å². The van der Waals surface area contributed by atoms with E-state index in [1.54, 1.807) is 0 Å². The van der Waals surface area contributed by atoms with E-state index in [9.17, 15) is 9.59 Å². The Kier molecular flexibility index (Phi) is 4.15. The first-order chi connectivity index (χ1) is 10.1. The molecule has 0 bridgehead atoms. The molecule has 5 nitrogen and oxygen atoms in total. The van der Waals surface area contributed by atoms with Crippen molar-refractivity contribution in [1.82, 2.24) is 9.80 Å². The van der Waals surface area contributed by atoms with E-state index in [1.165, 1.54) is 24.6 Å². The Balaban J connectivity index is 1.59. The number of thioether (sulfide) groups is 1. The van der Waals surface area contributed by atoms with Gasteiger partial charge in [0.1, 0.15) is 0 Å². The van der Waals surface area contributed by atoms with Crippen LogP contribution >= 0.6 is 11.8 Å². The molecule has 1 saturated heterocycles. The van der Waals surface area contributed by atoms with Gasteiger partial charge in [-0.25, -0.2) is 9.59 Å². The van der Waals surface area contributed by atoms with E-state index >= 15 is 0 Å². The highest BCUT2D eigenvalue weighted by Crippen LogP contribution is 2.41. The molecule has 1 atom stereocenters. The van der Waals surface area contributed by atoms with Crippen LogP contribution in [0.1, 0.15) is 33.1 Å². The lowest BCUT2D eigenvalue weighted by Gasteiger charge is -2.24. The molecule has 3 aliphatic rings. The van der Waals surface area contributed by atoms with Crippen molar-refractivity contribution in [3.8, 4) is 0 Å². The molecule has 2 amide bonds. The Bertz CT molecular complexity index is 487. The molecule has 1 unspecified atom stereocenters. The average molecular weight is 310 g/mol. The Morgan fingerprint density at radius 3 is 2.81 bits per heavy atom. The third-order valence-electron chi connectivity index (χ3n) is 4.23. The van der Waals surface area contributed by atoms with Gasteiger partial charge in [-0.3, -0.25) is 0 Å². The van der Waals surface area contributed by atoms with Crippen LogP contribution in [-0.4, -0.2) is 53.4 Å². The number of rotatable bonds is 5. The molecule has 1 aliphatic carbocycles. The Morgan fingerprint density at radius 2 is 2.14 bits per heavy atom. The first kappa shape index (κ1) is 14.8. The Hall–Kier alpha value is -1.17. The molecule has 2 heterocycles. The van der Waals surface area contributed by atoms with E-state index in [4.69, 9.17) is 4.74 Å². The van der Waals surface area contributed by atoms with E-state index in [0.29, 0.717) is 11.5 Å². The summed E-state index contributed by atoms with van der Waals surface area (Å²) in [5.74, 6) is 0.476. The van der Waals surface area contributed by atoms with E-state index < -0.39 is 0 Å². The Labute approximate surface area is 129 Å². The van der Waals surface area contributed by atoms with E-state index in [2.05, 4.69) is 0 Å². The molecule has 2 fully saturated rings. The van der Waals surface area contributed by atoms with Gasteiger partial charge in [0.25, 0.3) is 0 Å². The van der Waals surface area contributed by atoms with Crippen molar-refractivity contribution in [2.75, 3.05) is 26.2 Å². The van der Waals surface area contributed by atoms with Gasteiger partial charge in [-0.2, -0.15) is 0 Å². The fourth-order valence-electron chi connectivity index (χ4n) is 2.88. The molecule has 0 spiro atoms. The molecule has 0 aromatic heterocycles. The lowest BCUT2D eigenvalue weighted by Crippen LogP contribution is -2.37. The van der Waals surface area contributed by atoms with Gasteiger partial charge in [0.05, 0.1) is 16.9 Å². The normalized spacial score (nSPS) is 26.0. The van der Waals surface area contributed by atoms with Crippen molar-refractivity contribution >= 4 is 23.8 Å². The number of hydrogen-bond donors (Lipinski definition) is 0. The van der Waals surface area contributed by atoms with Crippen LogP contribution in [-0.2, 0) is 9.53 Å². The van der Waals surface area contributed by atoms with Crippen molar-refractivity contribution in [2.24, 2.45) is 5.92 Å². The second-order valence-electron chi connectivity index (χ2n) is 5.97. The zero-order valence-electron chi connectivity index (χ0n) is 12.6. The minimum Gasteiger partial charge on any atom is -0.462 e. The first-order valence-electron chi connectivity index (χ1n) is 7.69. The molecule has 2 aliphatic heterocycles. The quantitative estimate of drug-likeness (QED) is 0.732. The summed E-state index contributed by atoms with van der Waals surface area (Å²) < 4.78 is 5.08. The molecule has 1 saturated carbocycles. The smallest absolute Gasteiger partial charge is 0.344 e. The van der Waals surface area contributed by atoms with Gasteiger partial charge in [-0.05, 0) is 38.2 Å². The van der Waals surface area contributed by atoms with Crippen LogP contribution in [0, 0.1) is 5.92 Å². The summed E-state index contributed by atoms with van der Waals surface area (Å²) in [5, 5.41) is 0.0566. The monoisotopic (exact) mass is 310 g/mol. The number of carbonyl (C=O) groups is 2. The number of urea groups is 1. The van der Waals surface area contributed by atoms with Crippen LogP contribution in [0.3, 0.4) is 0 Å². The molecular weight excluding hydrogens is 288 g/mol. The maximum Gasteiger partial charge on any atom is 0.344 e. The van der Waals surface area contributed by atoms with Gasteiger partial charge >= 0.3 is 12.0 Å². The fraction of sp³-hybridized carbons (Fsp3) is 0.733. The minimum absolute atomic E-state index is 0.0566. The first-order valence-corrected chi connectivity index (χ1v) is 8.57. The fourth-order valence-corrected chi connectivity index (χ4v) is 4.24. The van der Waals surface area contributed by atoms with Crippen LogP contribution in [0.2, 0.25) is 0 Å². The third kappa shape index (κ3) is 3.05. The second-order valence-corrected chi connectivity index (χ2v) is 7.16. The van der Waals surface area contributed by atoms with E-state index in [-0.39, 0.29) is 17.4 Å². The summed E-state index contributed by atoms with van der Waals surface area (Å²) in [6, 6.07) is 0.136. The number of esters is 1. The molecule has 3 rings (SSSR count). The zero-order valence-corrected chi connectivity index (χ0v) is 13.4. The highest BCUT2D eigenvalue weighted by molar-refractivity contribution is 8.04. The summed E-state index contributed by atoms with van der Waals surface area (Å²) in [5.41, 5.74) is 1.04. The van der Waals surface area contributed by atoms with Gasteiger partial charge in [-0.15, -0.1) is 0 Å². The summed E-state index contributed by atoms with van der Waals surface area (Å²) in [7, 11) is 0. The van der Waals surface area contributed by atoms with Gasteiger partial charge < -0.3 is 14.5 Å². The molecule has 0 aromatic carbocycles. The van der Waals surface area contributed by atoms with E-state index in [1.807, 2.05) is 23.6 Å².